The third-order valence-electron chi connectivity index (χ3n) is 7.52. The van der Waals surface area contributed by atoms with Gasteiger partial charge in [-0.1, -0.05) is 69.3 Å². The topological polar surface area (TPSA) is 120 Å². The highest BCUT2D eigenvalue weighted by molar-refractivity contribution is 7.86. The molecule has 1 fully saturated rings. The van der Waals surface area contributed by atoms with Crippen LogP contribution in [0.1, 0.15) is 102 Å². The molecular formula is C26H38N2O6S. The van der Waals surface area contributed by atoms with E-state index in [1.807, 2.05) is 6.92 Å². The number of carbonyl (C=O) groups is 1. The van der Waals surface area contributed by atoms with Gasteiger partial charge in [0, 0.05) is 5.92 Å². The molecule has 0 bridgehead atoms. The second kappa shape index (κ2) is 11.2. The molecule has 0 spiro atoms. The molecule has 0 radical (unpaired) electrons. The molecule has 1 aliphatic carbocycles. The van der Waals surface area contributed by atoms with Gasteiger partial charge in [0.05, 0.1) is 11.3 Å². The quantitative estimate of drug-likeness (QED) is 0.368. The van der Waals surface area contributed by atoms with E-state index in [0.717, 1.165) is 18.4 Å². The van der Waals surface area contributed by atoms with Gasteiger partial charge in [-0.25, -0.2) is 0 Å². The van der Waals surface area contributed by atoms with Crippen LogP contribution in [0, 0.1) is 17.8 Å². The number of hydrogen-bond acceptors (Lipinski definition) is 7. The van der Waals surface area contributed by atoms with Crippen LogP contribution < -0.4 is 0 Å². The molecule has 1 heterocycles. The molecule has 9 heteroatoms. The van der Waals surface area contributed by atoms with Crippen LogP contribution in [0.3, 0.4) is 0 Å². The number of hydrogen-bond donors (Lipinski definition) is 1. The molecule has 1 atom stereocenters. The molecule has 194 valence electrons. The normalized spacial score (nSPS) is 17.3. The van der Waals surface area contributed by atoms with Crippen LogP contribution in [-0.2, 0) is 25.7 Å². The van der Waals surface area contributed by atoms with Crippen molar-refractivity contribution in [2.45, 2.75) is 103 Å². The molecule has 1 aromatic heterocycles. The summed E-state index contributed by atoms with van der Waals surface area (Å²) in [5, 5.41) is 13.3. The van der Waals surface area contributed by atoms with Gasteiger partial charge in [-0.2, -0.15) is 13.4 Å². The van der Waals surface area contributed by atoms with Crippen molar-refractivity contribution in [2.24, 2.45) is 10.8 Å². The molecule has 35 heavy (non-hydrogen) atoms. The SMILES string of the molecule is Cc1ccc(S(=O)(=O)OCc2noc([C@H](CCCC3(C(C)(C)C)CCCCC3)CC(=O)O)n2)cc1. The number of carboxylic acids is 1. The zero-order valence-corrected chi connectivity index (χ0v) is 22.1. The Morgan fingerprint density at radius 3 is 2.43 bits per heavy atom. The van der Waals surface area contributed by atoms with E-state index in [1.165, 1.54) is 44.2 Å². The van der Waals surface area contributed by atoms with E-state index in [9.17, 15) is 18.3 Å². The highest BCUT2D eigenvalue weighted by atomic mass is 32.2. The number of carboxylic acid groups (broad SMARTS) is 1. The molecule has 0 unspecified atom stereocenters. The van der Waals surface area contributed by atoms with E-state index in [4.69, 9.17) is 8.71 Å². The predicted molar refractivity (Wildman–Crippen MR) is 131 cm³/mol. The maximum Gasteiger partial charge on any atom is 0.304 e. The van der Waals surface area contributed by atoms with Gasteiger partial charge < -0.3 is 9.63 Å². The Labute approximate surface area is 208 Å². The first-order chi connectivity index (χ1) is 16.4. The molecule has 1 N–H and O–H groups in total. The van der Waals surface area contributed by atoms with Crippen molar-refractivity contribution in [3.8, 4) is 0 Å². The summed E-state index contributed by atoms with van der Waals surface area (Å²) in [6, 6.07) is 6.34. The second-order valence-electron chi connectivity index (χ2n) is 10.9. The van der Waals surface area contributed by atoms with Gasteiger partial charge in [-0.05, 0) is 55.6 Å². The van der Waals surface area contributed by atoms with Crippen LogP contribution >= 0.6 is 0 Å². The lowest BCUT2D eigenvalue weighted by Crippen LogP contribution is -2.37. The van der Waals surface area contributed by atoms with Crippen molar-refractivity contribution in [1.82, 2.24) is 10.1 Å². The minimum absolute atomic E-state index is 0.0473. The zero-order chi connectivity index (χ0) is 25.7. The highest BCUT2D eigenvalue weighted by Gasteiger charge is 2.42. The monoisotopic (exact) mass is 506 g/mol. The van der Waals surface area contributed by atoms with Crippen molar-refractivity contribution in [1.29, 1.82) is 0 Å². The first-order valence-electron chi connectivity index (χ1n) is 12.4. The summed E-state index contributed by atoms with van der Waals surface area (Å²) >= 11 is 0. The first kappa shape index (κ1) is 27.3. The Morgan fingerprint density at radius 1 is 1.17 bits per heavy atom. The van der Waals surface area contributed by atoms with Gasteiger partial charge in [0.2, 0.25) is 5.89 Å². The van der Waals surface area contributed by atoms with Crippen molar-refractivity contribution >= 4 is 16.1 Å². The molecule has 8 nitrogen and oxygen atoms in total. The third-order valence-corrected chi connectivity index (χ3v) is 8.79. The summed E-state index contributed by atoms with van der Waals surface area (Å²) in [5.74, 6) is -1.07. The van der Waals surface area contributed by atoms with E-state index in [1.54, 1.807) is 12.1 Å². The fourth-order valence-electron chi connectivity index (χ4n) is 5.21. The largest absolute Gasteiger partial charge is 0.481 e. The number of nitrogens with zero attached hydrogens (tertiary/aromatic N) is 2. The van der Waals surface area contributed by atoms with E-state index in [0.29, 0.717) is 6.42 Å². The Kier molecular flexibility index (Phi) is 8.75. The first-order valence-corrected chi connectivity index (χ1v) is 13.8. The van der Waals surface area contributed by atoms with E-state index < -0.39 is 22.0 Å². The molecule has 0 aliphatic heterocycles. The summed E-state index contributed by atoms with van der Waals surface area (Å²) in [5.41, 5.74) is 1.39. The fourth-order valence-corrected chi connectivity index (χ4v) is 6.08. The average molecular weight is 507 g/mol. The number of aromatic nitrogens is 2. The predicted octanol–water partition coefficient (Wildman–Crippen LogP) is 6.01. The molecule has 3 rings (SSSR count). The Balaban J connectivity index is 1.64. The van der Waals surface area contributed by atoms with E-state index >= 15 is 0 Å². The Hall–Kier alpha value is -2.26. The van der Waals surface area contributed by atoms with Crippen LogP contribution in [0.15, 0.2) is 33.7 Å². The number of aliphatic carboxylic acids is 1. The van der Waals surface area contributed by atoms with Gasteiger partial charge in [-0.3, -0.25) is 8.98 Å². The third kappa shape index (κ3) is 7.13. The molecule has 1 aromatic carbocycles. The lowest BCUT2D eigenvalue weighted by molar-refractivity contribution is -0.137. The molecule has 0 amide bonds. The second-order valence-corrected chi connectivity index (χ2v) is 12.5. The molecule has 2 aromatic rings. The van der Waals surface area contributed by atoms with Crippen LogP contribution in [0.5, 0.6) is 0 Å². The number of aryl methyl sites for hydroxylation is 1. The minimum atomic E-state index is -3.97. The summed E-state index contributed by atoms with van der Waals surface area (Å²) in [6.45, 7) is 8.41. The van der Waals surface area contributed by atoms with Crippen LogP contribution in [0.4, 0.5) is 0 Å². The Bertz CT molecular complexity index is 1080. The fraction of sp³-hybridized carbons (Fsp3) is 0.654. The zero-order valence-electron chi connectivity index (χ0n) is 21.2. The summed E-state index contributed by atoms with van der Waals surface area (Å²) in [6.07, 6.45) is 8.58. The van der Waals surface area contributed by atoms with Crippen molar-refractivity contribution in [3.05, 3.63) is 41.5 Å². The van der Waals surface area contributed by atoms with Gasteiger partial charge in [0.15, 0.2) is 5.82 Å². The lowest BCUT2D eigenvalue weighted by atomic mass is 9.57. The van der Waals surface area contributed by atoms with Crippen molar-refractivity contribution < 1.29 is 27.0 Å². The number of benzene rings is 1. The summed E-state index contributed by atoms with van der Waals surface area (Å²) in [7, 11) is -3.97. The standard InChI is InChI=1S/C26H38N2O6S/c1-19-10-12-21(13-11-19)35(31,32)33-18-22-27-24(34-28-22)20(17-23(29)30)9-8-16-26(25(2,3)4)14-6-5-7-15-26/h10-13,20H,5-9,14-18H2,1-4H3,(H,29,30)/t20-/m1/s1. The van der Waals surface area contributed by atoms with Crippen molar-refractivity contribution in [3.63, 3.8) is 0 Å². The van der Waals surface area contributed by atoms with Gasteiger partial charge in [0.25, 0.3) is 10.1 Å². The lowest BCUT2D eigenvalue weighted by Gasteiger charge is -2.48. The Morgan fingerprint density at radius 2 is 1.83 bits per heavy atom. The minimum Gasteiger partial charge on any atom is -0.481 e. The van der Waals surface area contributed by atoms with E-state index in [2.05, 4.69) is 30.9 Å². The van der Waals surface area contributed by atoms with Crippen molar-refractivity contribution in [2.75, 3.05) is 0 Å². The van der Waals surface area contributed by atoms with Crippen LogP contribution in [0.25, 0.3) is 0 Å². The maximum absolute atomic E-state index is 12.4. The molecule has 1 aliphatic rings. The van der Waals surface area contributed by atoms with Crippen LogP contribution in [-0.4, -0.2) is 29.6 Å². The van der Waals surface area contributed by atoms with Crippen LogP contribution in [0.2, 0.25) is 0 Å². The smallest absolute Gasteiger partial charge is 0.304 e. The highest BCUT2D eigenvalue weighted by Crippen LogP contribution is 2.53. The molecular weight excluding hydrogens is 468 g/mol. The molecule has 1 saturated carbocycles. The van der Waals surface area contributed by atoms with E-state index in [-0.39, 0.29) is 40.5 Å². The average Bonchev–Trinajstić information content (AvgIpc) is 3.26. The summed E-state index contributed by atoms with van der Waals surface area (Å²) < 4.78 is 35.3. The summed E-state index contributed by atoms with van der Waals surface area (Å²) in [4.78, 5) is 15.8. The van der Waals surface area contributed by atoms with Gasteiger partial charge in [0.1, 0.15) is 6.61 Å². The number of rotatable bonds is 11. The molecule has 0 saturated heterocycles. The van der Waals surface area contributed by atoms with Gasteiger partial charge in [-0.15, -0.1) is 0 Å². The van der Waals surface area contributed by atoms with Gasteiger partial charge >= 0.3 is 5.97 Å². The maximum atomic E-state index is 12.4.